The minimum Gasteiger partial charge on any atom is -0.0683 e. The number of aryl methyl sites for hydroxylation is 10. The Morgan fingerprint density at radius 3 is 0.773 bits per heavy atom. The number of fused-ring (bicyclic) bond motifs is 16. The first kappa shape index (κ1) is 134. The molecule has 0 fully saturated rings. The third-order valence-corrected chi connectivity index (χ3v) is 24.1. The zero-order chi connectivity index (χ0) is 113. The lowest BCUT2D eigenvalue weighted by Gasteiger charge is -2.21. The molecule has 21 aromatic rings. The van der Waals surface area contributed by atoms with E-state index >= 15 is 0 Å². The number of rotatable bonds is 0. The van der Waals surface area contributed by atoms with E-state index in [1.165, 1.54) is 197 Å². The van der Waals surface area contributed by atoms with Gasteiger partial charge in [0.15, 0.2) is 0 Å². The molecule has 0 heteroatoms. The van der Waals surface area contributed by atoms with Crippen LogP contribution in [0.25, 0.3) is 119 Å². The summed E-state index contributed by atoms with van der Waals surface area (Å²) < 4.78 is 0. The lowest BCUT2D eigenvalue weighted by atomic mass is 9.82. The third-order valence-electron chi connectivity index (χ3n) is 24.1. The van der Waals surface area contributed by atoms with Crippen molar-refractivity contribution in [3.05, 3.63) is 515 Å². The summed E-state index contributed by atoms with van der Waals surface area (Å²) in [5.41, 5.74) is 25.1. The van der Waals surface area contributed by atoms with Gasteiger partial charge in [0.2, 0.25) is 0 Å². The van der Waals surface area contributed by atoms with Gasteiger partial charge in [0.05, 0.1) is 0 Å². The van der Waals surface area contributed by atoms with Crippen molar-refractivity contribution in [1.82, 2.24) is 0 Å². The fourth-order valence-corrected chi connectivity index (χ4v) is 17.2. The van der Waals surface area contributed by atoms with Crippen LogP contribution in [0.3, 0.4) is 0 Å². The predicted molar refractivity (Wildman–Crippen MR) is 692 cm³/mol. The van der Waals surface area contributed by atoms with Crippen molar-refractivity contribution < 1.29 is 0 Å². The Labute approximate surface area is 915 Å². The molecule has 0 saturated heterocycles. The maximum absolute atomic E-state index is 2.33. The quantitative estimate of drug-likeness (QED) is 0.105. The zero-order valence-corrected chi connectivity index (χ0v) is 101. The molecular weight excluding hydrogens is 1800 g/mol. The van der Waals surface area contributed by atoms with Crippen molar-refractivity contribution in [3.63, 3.8) is 0 Å². The van der Waals surface area contributed by atoms with Gasteiger partial charge in [-0.05, 0) is 246 Å². The Hall–Kier alpha value is -14.0. The number of benzene rings is 21. The summed E-state index contributed by atoms with van der Waals surface area (Å²) in [5.74, 6) is 0. The molecule has 0 unspecified atom stereocenters. The van der Waals surface area contributed by atoms with E-state index in [0.29, 0.717) is 0 Å². The summed E-state index contributed by atoms with van der Waals surface area (Å²) in [5, 5.41) is 24.0. The van der Waals surface area contributed by atoms with Gasteiger partial charge in [0.1, 0.15) is 0 Å². The van der Waals surface area contributed by atoms with Gasteiger partial charge in [0.25, 0.3) is 0 Å². The second kappa shape index (κ2) is 76.5. The van der Waals surface area contributed by atoms with Crippen LogP contribution in [0.15, 0.2) is 437 Å². The topological polar surface area (TPSA) is 0 Å². The molecule has 23 rings (SSSR count). The minimum absolute atomic E-state index is 0.151. The van der Waals surface area contributed by atoms with E-state index in [9.17, 15) is 0 Å². The van der Waals surface area contributed by atoms with Crippen molar-refractivity contribution in [1.29, 1.82) is 0 Å². The van der Waals surface area contributed by atoms with E-state index in [0.717, 1.165) is 0 Å². The maximum Gasteiger partial charge on any atom is 0.0158 e. The smallest absolute Gasteiger partial charge is 0.0158 e. The third kappa shape index (κ3) is 40.1. The van der Waals surface area contributed by atoms with Crippen LogP contribution in [-0.4, -0.2) is 0 Å². The highest BCUT2D eigenvalue weighted by molar-refractivity contribution is 6.08. The Kier molecular flexibility index (Phi) is 68.3. The van der Waals surface area contributed by atoms with Crippen LogP contribution in [-0.2, 0) is 10.8 Å². The van der Waals surface area contributed by atoms with Crippen LogP contribution in [0, 0.1) is 69.2 Å². The summed E-state index contributed by atoms with van der Waals surface area (Å²) in [7, 11) is 0. The van der Waals surface area contributed by atoms with Crippen LogP contribution >= 0.6 is 0 Å². The normalized spacial score (nSPS) is 10.2. The monoisotopic (exact) mass is 1990 g/mol. The second-order valence-corrected chi connectivity index (χ2v) is 34.2. The summed E-state index contributed by atoms with van der Waals surface area (Å²) in [6.07, 6.45) is 0. The molecule has 0 aliphatic heterocycles. The molecule has 150 heavy (non-hydrogen) atoms. The summed E-state index contributed by atoms with van der Waals surface area (Å²) in [6, 6.07) is 155. The van der Waals surface area contributed by atoms with Crippen LogP contribution < -0.4 is 0 Å². The Morgan fingerprint density at radius 2 is 0.353 bits per heavy atom. The van der Waals surface area contributed by atoms with Crippen LogP contribution in [0.1, 0.15) is 286 Å². The van der Waals surface area contributed by atoms with Gasteiger partial charge in [-0.25, -0.2) is 0 Å². The van der Waals surface area contributed by atoms with Gasteiger partial charge in [-0.2, -0.15) is 0 Å². The first-order valence-electron chi connectivity index (χ1n) is 56.6. The predicted octanol–water partition coefficient (Wildman–Crippen LogP) is 48.3. The SMILES string of the molecule is CC.CC.CC.CC.CC.CC.CC.CC.CC.CC.CC.CC.CC.Cc1c2ccccc2cc2ccccc12.Cc1ccc2c(c1)-c1ccccc1C2(C)C.Cc1ccc2c(c1)C(C)(C)c1ccccc1-2.Cc1ccc2c(ccc3ccccc32)c1.Cc1ccc2cc3ccccc3cc2c1.Cc1ccc2ccccc2c1.Cc1cccc2ccccc12.Cc1cccc2ccccc12.Cc1ccccc1.Cc1ccccc1. The van der Waals surface area contributed by atoms with Gasteiger partial charge in [-0.3, -0.25) is 0 Å². The molecular formula is C150H192. The Balaban J connectivity index is 0.000000818. The highest BCUT2D eigenvalue weighted by Gasteiger charge is 2.36. The van der Waals surface area contributed by atoms with Crippen molar-refractivity contribution >= 4 is 97.0 Å². The van der Waals surface area contributed by atoms with E-state index in [1.54, 1.807) is 0 Å². The first-order valence-corrected chi connectivity index (χ1v) is 56.6. The molecule has 0 atom stereocenters. The summed E-state index contributed by atoms with van der Waals surface area (Å²) in [6.45, 7) is 82.6. The highest BCUT2D eigenvalue weighted by Crippen LogP contribution is 2.50. The number of hydrogen-bond acceptors (Lipinski definition) is 0. The largest absolute Gasteiger partial charge is 0.0683 e. The van der Waals surface area contributed by atoms with E-state index in [-0.39, 0.29) is 10.8 Å². The standard InChI is InChI=1S/2C16H16.3C15H12.3C11H10.2C7H8.13C2H6/c1-11-8-9-15-13(10-11)12-6-4-5-7-14(12)16(15,2)3;1-11-8-9-13-12-6-4-5-7-14(12)16(2,3)15(13)10-11;1-11-14-8-4-2-6-12(14)10-13-7-3-5-9-15(11)13;1-11-6-9-15-13(10-11)8-7-12-4-2-3-5-14(12)15;1-11-6-7-14-9-12-4-2-3-5-13(12)10-15(14)8-11;2*1-9-5-4-7-10-6-2-3-8-11(9)10;1-9-6-7-10-4-2-3-5-11(10)8-9;2*1-7-5-3-2-4-6-7;13*1-2/h2*4-10H,1-3H3;3*2-10H,1H3;3*2-8H,1H3;2*2-6H,1H3;13*1-2H3. The lowest BCUT2D eigenvalue weighted by molar-refractivity contribution is 0.660. The molecule has 0 radical (unpaired) electrons. The van der Waals surface area contributed by atoms with Crippen molar-refractivity contribution in [2.75, 3.05) is 0 Å². The van der Waals surface area contributed by atoms with Crippen LogP contribution in [0.4, 0.5) is 0 Å². The summed E-state index contributed by atoms with van der Waals surface area (Å²) in [4.78, 5) is 0. The minimum atomic E-state index is 0.151. The molecule has 2 aliphatic rings. The molecule has 0 N–H and O–H groups in total. The fraction of sp³-hybridized carbons (Fsp3) is 0.280. The van der Waals surface area contributed by atoms with Crippen molar-refractivity contribution in [2.24, 2.45) is 0 Å². The molecule has 0 aromatic heterocycles. The Bertz CT molecular complexity index is 7010. The van der Waals surface area contributed by atoms with E-state index < -0.39 is 0 Å². The summed E-state index contributed by atoms with van der Waals surface area (Å²) >= 11 is 0. The van der Waals surface area contributed by atoms with Gasteiger partial charge in [-0.1, -0.05) is 665 Å². The highest BCUT2D eigenvalue weighted by atomic mass is 14.4. The molecule has 21 aromatic carbocycles. The van der Waals surface area contributed by atoms with E-state index in [1.807, 2.05) is 216 Å². The molecule has 0 heterocycles. The second-order valence-electron chi connectivity index (χ2n) is 34.2. The molecule has 0 nitrogen and oxygen atoms in total. The van der Waals surface area contributed by atoms with Crippen molar-refractivity contribution in [2.45, 2.75) is 288 Å². The Morgan fingerprint density at radius 1 is 0.120 bits per heavy atom. The van der Waals surface area contributed by atoms with Gasteiger partial charge in [-0.15, -0.1) is 0 Å². The van der Waals surface area contributed by atoms with Crippen LogP contribution in [0.2, 0.25) is 0 Å². The van der Waals surface area contributed by atoms with E-state index in [4.69, 9.17) is 0 Å². The molecule has 0 amide bonds. The maximum atomic E-state index is 2.33. The lowest BCUT2D eigenvalue weighted by Crippen LogP contribution is -2.14. The van der Waals surface area contributed by atoms with Crippen LogP contribution in [0.5, 0.6) is 0 Å². The average Bonchev–Trinajstić information content (AvgIpc) is 1.59. The molecule has 792 valence electrons. The van der Waals surface area contributed by atoms with Crippen molar-refractivity contribution in [3.8, 4) is 22.3 Å². The molecule has 0 bridgehead atoms. The van der Waals surface area contributed by atoms with Gasteiger partial charge >= 0.3 is 0 Å². The molecule has 0 spiro atoms. The van der Waals surface area contributed by atoms with Gasteiger partial charge < -0.3 is 0 Å². The zero-order valence-electron chi connectivity index (χ0n) is 101. The molecule has 2 aliphatic carbocycles. The molecule has 0 saturated carbocycles. The number of hydrogen-bond donors (Lipinski definition) is 0. The van der Waals surface area contributed by atoms with E-state index in [2.05, 4.69) is 497 Å². The van der Waals surface area contributed by atoms with Gasteiger partial charge in [0, 0.05) is 10.8 Å². The average molecular weight is 2000 g/mol. The fourth-order valence-electron chi connectivity index (χ4n) is 17.2. The first-order chi connectivity index (χ1) is 73.1.